The van der Waals surface area contributed by atoms with Crippen LogP contribution in [0.2, 0.25) is 5.15 Å². The van der Waals surface area contributed by atoms with Gasteiger partial charge in [0.25, 0.3) is 5.91 Å². The number of carbonyl (C=O) groups excluding carboxylic acids is 1. The predicted octanol–water partition coefficient (Wildman–Crippen LogP) is 5.30. The number of halogens is 1. The average Bonchev–Trinajstić information content (AvgIpc) is 3.29. The third-order valence-electron chi connectivity index (χ3n) is 5.79. The molecule has 3 aromatic carbocycles. The number of phenolic OH excluding ortho intramolecular Hbond substituents is 2. The number of pyridine rings is 1. The van der Waals surface area contributed by atoms with Crippen molar-refractivity contribution in [1.82, 2.24) is 9.99 Å². The number of hydrazone groups is 1. The van der Waals surface area contributed by atoms with Crippen molar-refractivity contribution in [3.63, 3.8) is 0 Å². The fraction of sp³-hybridized carbons (Fsp3) is 0.115. The second kappa shape index (κ2) is 8.68. The summed E-state index contributed by atoms with van der Waals surface area (Å²) in [5.74, 6) is 0.567. The summed E-state index contributed by atoms with van der Waals surface area (Å²) >= 11 is 6.61. The Morgan fingerprint density at radius 3 is 2.35 bits per heavy atom. The van der Waals surface area contributed by atoms with E-state index in [-0.39, 0.29) is 22.6 Å². The Kier molecular flexibility index (Phi) is 5.55. The summed E-state index contributed by atoms with van der Waals surface area (Å²) in [5.41, 5.74) is 3.22. The molecule has 2 heterocycles. The number of methoxy groups -OCH3 is 1. The lowest BCUT2D eigenvalue weighted by atomic mass is 9.98. The molecule has 8 heteroatoms. The Hall–Kier alpha value is -4.10. The number of carbonyl (C=O) groups is 1. The molecule has 1 amide bonds. The van der Waals surface area contributed by atoms with Crippen LogP contribution in [-0.2, 0) is 0 Å². The topological polar surface area (TPSA) is 95.3 Å². The van der Waals surface area contributed by atoms with Gasteiger partial charge < -0.3 is 14.9 Å². The summed E-state index contributed by atoms with van der Waals surface area (Å²) in [6.07, 6.45) is 0.408. The van der Waals surface area contributed by atoms with E-state index in [0.29, 0.717) is 34.5 Å². The number of amides is 1. The Labute approximate surface area is 200 Å². The maximum absolute atomic E-state index is 13.5. The van der Waals surface area contributed by atoms with E-state index >= 15 is 0 Å². The van der Waals surface area contributed by atoms with Crippen molar-refractivity contribution in [3.8, 4) is 17.2 Å². The Morgan fingerprint density at radius 1 is 1.00 bits per heavy atom. The number of fused-ring (bicyclic) bond motifs is 1. The van der Waals surface area contributed by atoms with E-state index in [0.717, 1.165) is 10.9 Å². The van der Waals surface area contributed by atoms with Crippen LogP contribution in [0.5, 0.6) is 17.2 Å². The van der Waals surface area contributed by atoms with Crippen LogP contribution < -0.4 is 4.74 Å². The first-order valence-electron chi connectivity index (χ1n) is 10.6. The van der Waals surface area contributed by atoms with Crippen LogP contribution in [0.25, 0.3) is 10.9 Å². The number of phenols is 2. The lowest BCUT2D eigenvalue weighted by Gasteiger charge is -2.23. The molecular weight excluding hydrogens is 454 g/mol. The molecule has 0 saturated carbocycles. The minimum Gasteiger partial charge on any atom is -0.508 e. The molecule has 2 N–H and O–H groups in total. The van der Waals surface area contributed by atoms with Gasteiger partial charge in [-0.3, -0.25) is 4.79 Å². The fourth-order valence-electron chi connectivity index (χ4n) is 4.01. The maximum atomic E-state index is 13.5. The Bertz CT molecular complexity index is 1420. The van der Waals surface area contributed by atoms with Crippen LogP contribution in [-0.4, -0.2) is 38.9 Å². The summed E-state index contributed by atoms with van der Waals surface area (Å²) in [4.78, 5) is 18.0. The quantitative estimate of drug-likeness (QED) is 0.392. The van der Waals surface area contributed by atoms with E-state index in [2.05, 4.69) is 10.1 Å². The molecule has 5 rings (SSSR count). The lowest BCUT2D eigenvalue weighted by Crippen LogP contribution is -2.27. The highest BCUT2D eigenvalue weighted by Crippen LogP contribution is 2.38. The number of rotatable bonds is 4. The van der Waals surface area contributed by atoms with Gasteiger partial charge in [-0.2, -0.15) is 5.10 Å². The molecule has 4 aromatic rings. The third-order valence-corrected chi connectivity index (χ3v) is 6.10. The smallest absolute Gasteiger partial charge is 0.274 e. The zero-order valence-electron chi connectivity index (χ0n) is 18.1. The molecule has 34 heavy (non-hydrogen) atoms. The van der Waals surface area contributed by atoms with Gasteiger partial charge in [0.1, 0.15) is 22.4 Å². The normalized spacial score (nSPS) is 15.4. The Morgan fingerprint density at radius 2 is 1.68 bits per heavy atom. The number of hydrogen-bond donors (Lipinski definition) is 2. The molecule has 0 fully saturated rings. The molecule has 0 saturated heterocycles. The van der Waals surface area contributed by atoms with Crippen LogP contribution in [0.1, 0.15) is 33.9 Å². The molecule has 1 aliphatic rings. The predicted molar refractivity (Wildman–Crippen MR) is 130 cm³/mol. The molecule has 0 radical (unpaired) electrons. The van der Waals surface area contributed by atoms with Crippen molar-refractivity contribution in [2.75, 3.05) is 7.11 Å². The van der Waals surface area contributed by atoms with E-state index in [1.807, 2.05) is 24.3 Å². The van der Waals surface area contributed by atoms with Crippen LogP contribution >= 0.6 is 11.6 Å². The highest BCUT2D eigenvalue weighted by molar-refractivity contribution is 6.30. The lowest BCUT2D eigenvalue weighted by molar-refractivity contribution is 0.0711. The first-order chi connectivity index (χ1) is 16.4. The van der Waals surface area contributed by atoms with Gasteiger partial charge in [-0.15, -0.1) is 0 Å². The van der Waals surface area contributed by atoms with Gasteiger partial charge in [0.15, 0.2) is 0 Å². The zero-order valence-corrected chi connectivity index (χ0v) is 18.9. The molecular formula is C26H20ClN3O4. The van der Waals surface area contributed by atoms with Crippen LogP contribution in [0.3, 0.4) is 0 Å². The maximum Gasteiger partial charge on any atom is 0.274 e. The van der Waals surface area contributed by atoms with Crippen molar-refractivity contribution < 1.29 is 19.7 Å². The van der Waals surface area contributed by atoms with Gasteiger partial charge >= 0.3 is 0 Å². The van der Waals surface area contributed by atoms with E-state index < -0.39 is 6.04 Å². The molecule has 7 nitrogen and oxygen atoms in total. The van der Waals surface area contributed by atoms with Crippen LogP contribution in [0.15, 0.2) is 77.9 Å². The summed E-state index contributed by atoms with van der Waals surface area (Å²) in [7, 11) is 1.60. The van der Waals surface area contributed by atoms with Crippen molar-refractivity contribution >= 4 is 34.1 Å². The van der Waals surface area contributed by atoms with E-state index in [9.17, 15) is 15.0 Å². The SMILES string of the molecule is COc1ccc2nc(Cl)c(C3CC(c4ccc(O)cc4)=NN3C(=O)c3ccc(O)cc3)cc2c1. The molecule has 1 unspecified atom stereocenters. The summed E-state index contributed by atoms with van der Waals surface area (Å²) in [6, 6.07) is 19.6. The minimum atomic E-state index is -0.499. The molecule has 1 atom stereocenters. The first-order valence-corrected chi connectivity index (χ1v) is 10.9. The van der Waals surface area contributed by atoms with Gasteiger partial charge in [0.05, 0.1) is 24.4 Å². The minimum absolute atomic E-state index is 0.0681. The second-order valence-corrected chi connectivity index (χ2v) is 8.30. The molecule has 0 aliphatic carbocycles. The number of aromatic hydroxyl groups is 2. The van der Waals surface area contributed by atoms with Gasteiger partial charge in [-0.25, -0.2) is 9.99 Å². The monoisotopic (exact) mass is 473 g/mol. The highest BCUT2D eigenvalue weighted by Gasteiger charge is 2.35. The summed E-state index contributed by atoms with van der Waals surface area (Å²) < 4.78 is 5.34. The van der Waals surface area contributed by atoms with Crippen LogP contribution in [0.4, 0.5) is 0 Å². The number of benzene rings is 3. The van der Waals surface area contributed by atoms with Crippen molar-refractivity contribution in [3.05, 3.63) is 94.6 Å². The molecule has 0 spiro atoms. The summed E-state index contributed by atoms with van der Waals surface area (Å²) in [6.45, 7) is 0. The van der Waals surface area contributed by atoms with Gasteiger partial charge in [-0.1, -0.05) is 11.6 Å². The molecule has 1 aliphatic heterocycles. The van der Waals surface area contributed by atoms with Crippen molar-refractivity contribution in [2.24, 2.45) is 5.10 Å². The average molecular weight is 474 g/mol. The highest BCUT2D eigenvalue weighted by atomic mass is 35.5. The number of aromatic nitrogens is 1. The molecule has 0 bridgehead atoms. The first kappa shape index (κ1) is 21.7. The van der Waals surface area contributed by atoms with Crippen LogP contribution in [0, 0.1) is 0 Å². The standard InChI is InChI=1S/C26H20ClN3O4/c1-34-20-10-11-22-17(12-20)13-21(25(27)28-22)24-14-23(15-2-6-18(31)7-3-15)29-30(24)26(33)16-4-8-19(32)9-5-16/h2-13,24,31-32H,14H2,1H3. The number of ether oxygens (including phenoxy) is 1. The fourth-order valence-corrected chi connectivity index (χ4v) is 4.28. The van der Waals surface area contributed by atoms with E-state index in [4.69, 9.17) is 16.3 Å². The van der Waals surface area contributed by atoms with Gasteiger partial charge in [-0.05, 0) is 78.4 Å². The third kappa shape index (κ3) is 4.02. The van der Waals surface area contributed by atoms with Gasteiger partial charge in [0, 0.05) is 22.9 Å². The van der Waals surface area contributed by atoms with Crippen molar-refractivity contribution in [2.45, 2.75) is 12.5 Å². The van der Waals surface area contributed by atoms with Crippen molar-refractivity contribution in [1.29, 1.82) is 0 Å². The molecule has 170 valence electrons. The zero-order chi connectivity index (χ0) is 23.8. The van der Waals surface area contributed by atoms with E-state index in [1.165, 1.54) is 17.1 Å². The molecule has 1 aromatic heterocycles. The number of nitrogens with zero attached hydrogens (tertiary/aromatic N) is 3. The Balaban J connectivity index is 1.60. The van der Waals surface area contributed by atoms with E-state index in [1.54, 1.807) is 43.5 Å². The largest absolute Gasteiger partial charge is 0.508 e. The second-order valence-electron chi connectivity index (χ2n) is 7.94. The summed E-state index contributed by atoms with van der Waals surface area (Å²) in [5, 5.41) is 26.4. The number of hydrogen-bond acceptors (Lipinski definition) is 6. The van der Waals surface area contributed by atoms with Gasteiger partial charge in [0.2, 0.25) is 0 Å².